The second-order valence-electron chi connectivity index (χ2n) is 4.31. The molecule has 0 bridgehead atoms. The first-order chi connectivity index (χ1) is 8.59. The van der Waals surface area contributed by atoms with Crippen LogP contribution in [0.4, 0.5) is 5.82 Å². The molecule has 1 aliphatic rings. The molecule has 1 aromatic rings. The summed E-state index contributed by atoms with van der Waals surface area (Å²) in [7, 11) is 0. The number of nitrogens with two attached hydrogens (primary N) is 1. The number of carbonyl (C=O) groups is 2. The molecule has 8 nitrogen and oxygen atoms in total. The summed E-state index contributed by atoms with van der Waals surface area (Å²) in [5, 5.41) is 18.4. The lowest BCUT2D eigenvalue weighted by molar-refractivity contribution is -0.143. The zero-order valence-corrected chi connectivity index (χ0v) is 9.63. The summed E-state index contributed by atoms with van der Waals surface area (Å²) in [6.45, 7) is 0. The summed E-state index contributed by atoms with van der Waals surface area (Å²) in [6, 6.07) is -0.403. The van der Waals surface area contributed by atoms with E-state index < -0.39 is 23.8 Å². The Hall–Kier alpha value is -2.12. The summed E-state index contributed by atoms with van der Waals surface area (Å²) in [4.78, 5) is 22.9. The van der Waals surface area contributed by atoms with Crippen molar-refractivity contribution in [1.29, 1.82) is 0 Å². The van der Waals surface area contributed by atoms with Crippen molar-refractivity contribution in [2.24, 2.45) is 5.92 Å². The minimum atomic E-state index is -0.897. The van der Waals surface area contributed by atoms with Gasteiger partial charge < -0.3 is 16.2 Å². The first-order valence-corrected chi connectivity index (χ1v) is 5.71. The van der Waals surface area contributed by atoms with Crippen molar-refractivity contribution in [3.8, 4) is 0 Å². The van der Waals surface area contributed by atoms with E-state index in [9.17, 15) is 9.59 Å². The molecule has 98 valence electrons. The minimum absolute atomic E-state index is 0.102. The summed E-state index contributed by atoms with van der Waals surface area (Å²) >= 11 is 0. The first kappa shape index (κ1) is 12.3. The lowest BCUT2D eigenvalue weighted by atomic mass is 9.84. The first-order valence-electron chi connectivity index (χ1n) is 5.71. The number of carbonyl (C=O) groups excluding carboxylic acids is 1. The standard InChI is InChI=1S/C10H14N4O4/c11-8-7(13-18-14-8)9(15)12-6-4-2-1-3-5(6)10(16)17/h5-6H,1-4H2,(H2,11,14)(H,12,15)(H,16,17). The summed E-state index contributed by atoms with van der Waals surface area (Å²) < 4.78 is 4.33. The number of carboxylic acid groups (broad SMARTS) is 1. The van der Waals surface area contributed by atoms with E-state index in [0.717, 1.165) is 12.8 Å². The second kappa shape index (κ2) is 5.03. The number of aliphatic carboxylic acids is 1. The van der Waals surface area contributed by atoms with Gasteiger partial charge in [-0.2, -0.15) is 0 Å². The molecule has 4 N–H and O–H groups in total. The molecule has 18 heavy (non-hydrogen) atoms. The quantitative estimate of drug-likeness (QED) is 0.693. The fraction of sp³-hybridized carbons (Fsp3) is 0.600. The average Bonchev–Trinajstić information content (AvgIpc) is 2.76. The van der Waals surface area contributed by atoms with Crippen molar-refractivity contribution < 1.29 is 19.3 Å². The molecule has 1 aliphatic carbocycles. The Bertz CT molecular complexity index is 458. The van der Waals surface area contributed by atoms with Gasteiger partial charge in [0.15, 0.2) is 0 Å². The molecule has 0 saturated heterocycles. The Morgan fingerprint density at radius 1 is 1.33 bits per heavy atom. The van der Waals surface area contributed by atoms with Crippen LogP contribution in [0, 0.1) is 5.92 Å². The molecular formula is C10H14N4O4. The van der Waals surface area contributed by atoms with Crippen molar-refractivity contribution in [3.63, 3.8) is 0 Å². The van der Waals surface area contributed by atoms with Gasteiger partial charge in [0, 0.05) is 6.04 Å². The number of carboxylic acids is 1. The number of nitrogen functional groups attached to an aromatic ring is 1. The van der Waals surface area contributed by atoms with Gasteiger partial charge in [0.05, 0.1) is 5.92 Å². The Labute approximate surface area is 102 Å². The monoisotopic (exact) mass is 254 g/mol. The maximum Gasteiger partial charge on any atom is 0.308 e. The number of nitrogens with one attached hydrogen (secondary N) is 1. The molecule has 2 atom stereocenters. The van der Waals surface area contributed by atoms with Gasteiger partial charge in [-0.25, -0.2) is 4.63 Å². The maximum atomic E-state index is 11.8. The van der Waals surface area contributed by atoms with Gasteiger partial charge in [-0.1, -0.05) is 12.8 Å². The van der Waals surface area contributed by atoms with Crippen LogP contribution < -0.4 is 11.1 Å². The molecule has 2 unspecified atom stereocenters. The van der Waals surface area contributed by atoms with E-state index >= 15 is 0 Å². The van der Waals surface area contributed by atoms with Gasteiger partial charge in [-0.15, -0.1) is 0 Å². The average molecular weight is 254 g/mol. The molecule has 0 radical (unpaired) electrons. The highest BCUT2D eigenvalue weighted by Crippen LogP contribution is 2.25. The molecular weight excluding hydrogens is 240 g/mol. The zero-order valence-electron chi connectivity index (χ0n) is 9.63. The lowest BCUT2D eigenvalue weighted by Crippen LogP contribution is -2.45. The van der Waals surface area contributed by atoms with Crippen molar-refractivity contribution in [1.82, 2.24) is 15.6 Å². The van der Waals surface area contributed by atoms with Crippen LogP contribution in [0.1, 0.15) is 36.2 Å². The van der Waals surface area contributed by atoms with Crippen molar-refractivity contribution in [3.05, 3.63) is 5.69 Å². The fourth-order valence-electron chi connectivity index (χ4n) is 2.19. The molecule has 2 rings (SSSR count). The third kappa shape index (κ3) is 2.41. The number of hydrogen-bond donors (Lipinski definition) is 3. The normalized spacial score (nSPS) is 23.6. The molecule has 1 amide bonds. The Morgan fingerprint density at radius 2 is 2.06 bits per heavy atom. The zero-order chi connectivity index (χ0) is 13.1. The minimum Gasteiger partial charge on any atom is -0.481 e. The van der Waals surface area contributed by atoms with Gasteiger partial charge in [0.1, 0.15) is 0 Å². The van der Waals surface area contributed by atoms with Crippen LogP contribution in [0.25, 0.3) is 0 Å². The maximum absolute atomic E-state index is 11.8. The van der Waals surface area contributed by atoms with E-state index in [1.807, 2.05) is 0 Å². The summed E-state index contributed by atoms with van der Waals surface area (Å²) in [6.07, 6.45) is 2.94. The summed E-state index contributed by atoms with van der Waals surface area (Å²) in [5.74, 6) is -2.11. The smallest absolute Gasteiger partial charge is 0.308 e. The third-order valence-electron chi connectivity index (χ3n) is 3.13. The largest absolute Gasteiger partial charge is 0.481 e. The van der Waals surface area contributed by atoms with E-state index in [1.54, 1.807) is 0 Å². The van der Waals surface area contributed by atoms with E-state index in [1.165, 1.54) is 0 Å². The van der Waals surface area contributed by atoms with Crippen molar-refractivity contribution >= 4 is 17.7 Å². The van der Waals surface area contributed by atoms with E-state index in [4.69, 9.17) is 10.8 Å². The van der Waals surface area contributed by atoms with Crippen molar-refractivity contribution in [2.75, 3.05) is 5.73 Å². The highest BCUT2D eigenvalue weighted by Gasteiger charge is 2.32. The molecule has 0 aromatic carbocycles. The van der Waals surface area contributed by atoms with Crippen LogP contribution in [0.2, 0.25) is 0 Å². The van der Waals surface area contributed by atoms with E-state index in [2.05, 4.69) is 20.3 Å². The van der Waals surface area contributed by atoms with Crippen LogP contribution in [0.5, 0.6) is 0 Å². The van der Waals surface area contributed by atoms with Gasteiger partial charge in [-0.05, 0) is 23.2 Å². The van der Waals surface area contributed by atoms with E-state index in [0.29, 0.717) is 12.8 Å². The number of aromatic nitrogens is 2. The van der Waals surface area contributed by atoms with E-state index in [-0.39, 0.29) is 11.5 Å². The summed E-state index contributed by atoms with van der Waals surface area (Å²) in [5.41, 5.74) is 5.29. The van der Waals surface area contributed by atoms with Crippen LogP contribution >= 0.6 is 0 Å². The van der Waals surface area contributed by atoms with Crippen LogP contribution in [-0.2, 0) is 4.79 Å². The second-order valence-corrected chi connectivity index (χ2v) is 4.31. The van der Waals surface area contributed by atoms with Crippen LogP contribution in [-0.4, -0.2) is 33.3 Å². The Balaban J connectivity index is 2.05. The van der Waals surface area contributed by atoms with Gasteiger partial charge in [-0.3, -0.25) is 9.59 Å². The third-order valence-corrected chi connectivity index (χ3v) is 3.13. The molecule has 1 heterocycles. The lowest BCUT2D eigenvalue weighted by Gasteiger charge is -2.28. The predicted octanol–water partition coefficient (Wildman–Crippen LogP) is 0.0250. The van der Waals surface area contributed by atoms with Gasteiger partial charge in [0.25, 0.3) is 5.91 Å². The van der Waals surface area contributed by atoms with Gasteiger partial charge in [0.2, 0.25) is 11.5 Å². The predicted molar refractivity (Wildman–Crippen MR) is 59.6 cm³/mol. The Morgan fingerprint density at radius 3 is 2.67 bits per heavy atom. The number of nitrogens with zero attached hydrogens (tertiary/aromatic N) is 2. The molecule has 0 spiro atoms. The Kier molecular flexibility index (Phi) is 3.45. The highest BCUT2D eigenvalue weighted by molar-refractivity contribution is 5.96. The number of rotatable bonds is 3. The molecule has 0 aliphatic heterocycles. The fourth-order valence-corrected chi connectivity index (χ4v) is 2.19. The number of anilines is 1. The van der Waals surface area contributed by atoms with Crippen LogP contribution in [0.15, 0.2) is 4.63 Å². The van der Waals surface area contributed by atoms with Crippen molar-refractivity contribution in [2.45, 2.75) is 31.7 Å². The number of amides is 1. The van der Waals surface area contributed by atoms with Crippen LogP contribution in [0.3, 0.4) is 0 Å². The topological polar surface area (TPSA) is 131 Å². The SMILES string of the molecule is Nc1nonc1C(=O)NC1CCCCC1C(=O)O. The number of hydrogen-bond acceptors (Lipinski definition) is 6. The molecule has 1 aromatic heterocycles. The molecule has 8 heteroatoms. The molecule has 1 fully saturated rings. The van der Waals surface area contributed by atoms with Gasteiger partial charge >= 0.3 is 5.97 Å². The highest BCUT2D eigenvalue weighted by atomic mass is 16.6. The molecule has 1 saturated carbocycles.